The Bertz CT molecular complexity index is 1530. The highest BCUT2D eigenvalue weighted by atomic mass is 35.5. The molecule has 0 saturated carbocycles. The standard InChI is InChI=1S/C23H21ClN6O5S/c24-18-2-1-3-19-20(18)17(14-31)22(27-19)36(34,35)30-10-8-28(9-11-30)23(32)21-25-12-16(13-26-21)15-4-6-29(33)7-5-15/h1-7,12-13,27,31H,8-11,14H2. The van der Waals surface area contributed by atoms with Gasteiger partial charge in [0, 0.05) is 72.7 Å². The van der Waals surface area contributed by atoms with Crippen LogP contribution in [-0.4, -0.2) is 69.8 Å². The summed E-state index contributed by atoms with van der Waals surface area (Å²) in [7, 11) is -3.97. The Morgan fingerprint density at radius 3 is 2.39 bits per heavy atom. The molecule has 1 amide bonds. The minimum absolute atomic E-state index is 0.00213. The van der Waals surface area contributed by atoms with Crippen LogP contribution in [0.3, 0.4) is 0 Å². The molecular formula is C23H21ClN6O5S. The predicted molar refractivity (Wildman–Crippen MR) is 130 cm³/mol. The summed E-state index contributed by atoms with van der Waals surface area (Å²) in [5.74, 6) is -0.407. The topological polar surface area (TPSA) is 146 Å². The third kappa shape index (κ3) is 4.28. The van der Waals surface area contributed by atoms with Crippen molar-refractivity contribution in [3.8, 4) is 11.1 Å². The van der Waals surface area contributed by atoms with Crippen molar-refractivity contribution in [1.29, 1.82) is 0 Å². The molecule has 0 bridgehead atoms. The summed E-state index contributed by atoms with van der Waals surface area (Å²) in [4.78, 5) is 25.6. The maximum Gasteiger partial charge on any atom is 0.291 e. The first-order valence-electron chi connectivity index (χ1n) is 11.0. The summed E-state index contributed by atoms with van der Waals surface area (Å²) in [5, 5.41) is 21.8. The molecule has 5 rings (SSSR count). The number of hydrogen-bond donors (Lipinski definition) is 2. The van der Waals surface area contributed by atoms with E-state index in [0.29, 0.717) is 26.2 Å². The number of aromatic amines is 1. The number of carbonyl (C=O) groups is 1. The van der Waals surface area contributed by atoms with Crippen LogP contribution in [0.5, 0.6) is 0 Å². The van der Waals surface area contributed by atoms with Crippen molar-refractivity contribution in [2.75, 3.05) is 26.2 Å². The second-order valence-electron chi connectivity index (χ2n) is 8.19. The number of amides is 1. The Morgan fingerprint density at radius 2 is 1.75 bits per heavy atom. The number of rotatable bonds is 5. The van der Waals surface area contributed by atoms with Gasteiger partial charge in [-0.15, -0.1) is 0 Å². The van der Waals surface area contributed by atoms with Gasteiger partial charge >= 0.3 is 0 Å². The average molecular weight is 529 g/mol. The minimum atomic E-state index is -3.97. The van der Waals surface area contributed by atoms with Crippen LogP contribution in [0.15, 0.2) is 60.1 Å². The highest BCUT2D eigenvalue weighted by Gasteiger charge is 2.34. The van der Waals surface area contributed by atoms with Gasteiger partial charge in [0.1, 0.15) is 0 Å². The Labute approximate surface area is 211 Å². The quantitative estimate of drug-likeness (QED) is 0.295. The number of carbonyl (C=O) groups excluding carboxylic acids is 1. The Balaban J connectivity index is 1.30. The van der Waals surface area contributed by atoms with Crippen LogP contribution in [0.4, 0.5) is 0 Å². The minimum Gasteiger partial charge on any atom is -0.619 e. The second kappa shape index (κ2) is 9.47. The first-order valence-corrected chi connectivity index (χ1v) is 12.8. The molecule has 1 aliphatic heterocycles. The fourth-order valence-corrected chi connectivity index (χ4v) is 6.12. The van der Waals surface area contributed by atoms with Crippen LogP contribution in [0.1, 0.15) is 16.2 Å². The van der Waals surface area contributed by atoms with Crippen molar-refractivity contribution in [3.05, 3.63) is 76.7 Å². The second-order valence-corrected chi connectivity index (χ2v) is 10.5. The number of sulfonamides is 1. The highest BCUT2D eigenvalue weighted by Crippen LogP contribution is 2.33. The summed E-state index contributed by atoms with van der Waals surface area (Å²) < 4.78 is 28.7. The lowest BCUT2D eigenvalue weighted by Crippen LogP contribution is -2.50. The summed E-state index contributed by atoms with van der Waals surface area (Å²) in [6.07, 6.45) is 5.72. The van der Waals surface area contributed by atoms with Crippen molar-refractivity contribution in [3.63, 3.8) is 0 Å². The number of benzene rings is 1. The highest BCUT2D eigenvalue weighted by molar-refractivity contribution is 7.89. The number of hydrogen-bond acceptors (Lipinski definition) is 7. The monoisotopic (exact) mass is 528 g/mol. The van der Waals surface area contributed by atoms with Gasteiger partial charge in [-0.25, -0.2) is 18.4 Å². The van der Waals surface area contributed by atoms with Gasteiger partial charge in [0.15, 0.2) is 17.4 Å². The zero-order valence-corrected chi connectivity index (χ0v) is 20.4. The lowest BCUT2D eigenvalue weighted by molar-refractivity contribution is -0.605. The molecule has 186 valence electrons. The molecule has 0 atom stereocenters. The lowest BCUT2D eigenvalue weighted by Gasteiger charge is -2.33. The zero-order chi connectivity index (χ0) is 25.4. The van der Waals surface area contributed by atoms with Gasteiger partial charge in [-0.3, -0.25) is 4.79 Å². The molecule has 0 unspecified atom stereocenters. The van der Waals surface area contributed by atoms with Gasteiger partial charge < -0.3 is 20.2 Å². The zero-order valence-electron chi connectivity index (χ0n) is 18.8. The van der Waals surface area contributed by atoms with Crippen molar-refractivity contribution in [2.45, 2.75) is 11.6 Å². The van der Waals surface area contributed by atoms with E-state index in [1.807, 2.05) is 0 Å². The van der Waals surface area contributed by atoms with Gasteiger partial charge in [-0.05, 0) is 17.7 Å². The van der Waals surface area contributed by atoms with E-state index in [-0.39, 0.29) is 42.6 Å². The fourth-order valence-electron chi connectivity index (χ4n) is 4.21. The summed E-state index contributed by atoms with van der Waals surface area (Å²) >= 11 is 6.24. The van der Waals surface area contributed by atoms with Gasteiger partial charge in [-0.1, -0.05) is 17.7 Å². The third-order valence-corrected chi connectivity index (χ3v) is 8.32. The first-order chi connectivity index (χ1) is 17.3. The number of piperazine rings is 1. The van der Waals surface area contributed by atoms with Crippen molar-refractivity contribution in [1.82, 2.24) is 24.2 Å². The Hall–Kier alpha value is -3.58. The van der Waals surface area contributed by atoms with Crippen LogP contribution in [-0.2, 0) is 16.6 Å². The summed E-state index contributed by atoms with van der Waals surface area (Å²) in [6.45, 7) is -0.0514. The number of nitrogens with zero attached hydrogens (tertiary/aromatic N) is 5. The third-order valence-electron chi connectivity index (χ3n) is 6.10. The number of aliphatic hydroxyl groups is 1. The van der Waals surface area contributed by atoms with Crippen LogP contribution in [0.2, 0.25) is 5.02 Å². The number of pyridine rings is 1. The number of nitrogens with one attached hydrogen (secondary N) is 1. The van der Waals surface area contributed by atoms with Crippen LogP contribution >= 0.6 is 11.6 Å². The largest absolute Gasteiger partial charge is 0.619 e. The SMILES string of the molecule is O=C(c1ncc(-c2cc[n+]([O-])cc2)cn1)N1CCN(S(=O)(=O)c2[nH]c3cccc(Cl)c3c2CO)CC1. The molecule has 2 N–H and O–H groups in total. The van der Waals surface area contributed by atoms with Crippen molar-refractivity contribution < 1.29 is 23.0 Å². The van der Waals surface area contributed by atoms with Crippen molar-refractivity contribution >= 4 is 38.4 Å². The molecule has 36 heavy (non-hydrogen) atoms. The maximum absolute atomic E-state index is 13.4. The normalized spacial score (nSPS) is 14.9. The molecule has 4 aromatic rings. The number of aromatic nitrogens is 4. The van der Waals surface area contributed by atoms with Crippen LogP contribution in [0, 0.1) is 5.21 Å². The molecule has 1 aromatic carbocycles. The first kappa shape index (κ1) is 24.1. The lowest BCUT2D eigenvalue weighted by atomic mass is 10.1. The molecule has 1 aliphatic rings. The van der Waals surface area contributed by atoms with Crippen LogP contribution in [0.25, 0.3) is 22.0 Å². The van der Waals surface area contributed by atoms with Gasteiger partial charge in [0.2, 0.25) is 5.82 Å². The number of aliphatic hydroxyl groups excluding tert-OH is 1. The van der Waals surface area contributed by atoms with Gasteiger partial charge in [-0.2, -0.15) is 9.04 Å². The number of fused-ring (bicyclic) bond motifs is 1. The van der Waals surface area contributed by atoms with E-state index < -0.39 is 22.5 Å². The molecule has 1 saturated heterocycles. The maximum atomic E-state index is 13.4. The molecule has 1 fully saturated rings. The van der Waals surface area contributed by atoms with Gasteiger partial charge in [0.25, 0.3) is 15.9 Å². The summed E-state index contributed by atoms with van der Waals surface area (Å²) in [5.41, 5.74) is 2.12. The van der Waals surface area contributed by atoms with Gasteiger partial charge in [0.05, 0.1) is 11.6 Å². The van der Waals surface area contributed by atoms with E-state index in [4.69, 9.17) is 11.6 Å². The van der Waals surface area contributed by atoms with E-state index in [1.54, 1.807) is 30.3 Å². The molecule has 0 spiro atoms. The Kier molecular flexibility index (Phi) is 6.35. The van der Waals surface area contributed by atoms with E-state index in [0.717, 1.165) is 5.56 Å². The van der Waals surface area contributed by atoms with E-state index >= 15 is 0 Å². The fraction of sp³-hybridized carbons (Fsp3) is 0.217. The van der Waals surface area contributed by atoms with E-state index in [9.17, 15) is 23.5 Å². The molecule has 3 aromatic heterocycles. The molecular weight excluding hydrogens is 508 g/mol. The van der Waals surface area contributed by atoms with E-state index in [2.05, 4.69) is 15.0 Å². The summed E-state index contributed by atoms with van der Waals surface area (Å²) in [6, 6.07) is 8.26. The average Bonchev–Trinajstić information content (AvgIpc) is 3.30. The van der Waals surface area contributed by atoms with Crippen LogP contribution < -0.4 is 4.73 Å². The Morgan fingerprint density at radius 1 is 1.08 bits per heavy atom. The van der Waals surface area contributed by atoms with Crippen molar-refractivity contribution in [2.24, 2.45) is 0 Å². The number of H-pyrrole nitrogens is 1. The number of halogens is 1. The molecule has 4 heterocycles. The van der Waals surface area contributed by atoms with E-state index in [1.165, 1.54) is 34.0 Å². The predicted octanol–water partition coefficient (Wildman–Crippen LogP) is 1.55. The molecule has 11 nitrogen and oxygen atoms in total. The molecule has 0 aliphatic carbocycles. The smallest absolute Gasteiger partial charge is 0.291 e. The molecule has 13 heteroatoms. The molecule has 0 radical (unpaired) electrons.